The number of anilines is 2. The first-order chi connectivity index (χ1) is 18.5. The molecule has 0 saturated carbocycles. The second-order valence-electron chi connectivity index (χ2n) is 8.26. The summed E-state index contributed by atoms with van der Waals surface area (Å²) in [5, 5.41) is 20.8. The van der Waals surface area contributed by atoms with Gasteiger partial charge in [0.2, 0.25) is 5.91 Å². The van der Waals surface area contributed by atoms with Crippen LogP contribution in [0.15, 0.2) is 85.2 Å². The number of methoxy groups -OCH3 is 1. The van der Waals surface area contributed by atoms with Crippen LogP contribution in [0.1, 0.15) is 11.1 Å². The van der Waals surface area contributed by atoms with Gasteiger partial charge in [0, 0.05) is 34.6 Å². The van der Waals surface area contributed by atoms with Crippen LogP contribution in [0.2, 0.25) is 5.02 Å². The Morgan fingerprint density at radius 2 is 1.87 bits per heavy atom. The van der Waals surface area contributed by atoms with Crippen LogP contribution in [-0.2, 0) is 16.0 Å². The number of carbonyl (C=O) groups is 2. The van der Waals surface area contributed by atoms with Gasteiger partial charge in [-0.2, -0.15) is 4.68 Å². The van der Waals surface area contributed by atoms with Gasteiger partial charge in [-0.3, -0.25) is 10.1 Å². The van der Waals surface area contributed by atoms with Crippen LogP contribution < -0.4 is 16.0 Å². The second kappa shape index (κ2) is 13.0. The minimum Gasteiger partial charge on any atom is -0.453 e. The normalized spacial score (nSPS) is 11.6. The number of ether oxygens (including phenoxy) is 1. The molecule has 38 heavy (non-hydrogen) atoms. The van der Waals surface area contributed by atoms with E-state index in [0.717, 1.165) is 11.3 Å². The Balaban J connectivity index is 1.46. The number of hydrogen-bond donors (Lipinski definition) is 3. The minimum atomic E-state index is -0.550. The highest BCUT2D eigenvalue weighted by molar-refractivity contribution is 6.30. The zero-order chi connectivity index (χ0) is 26.7. The quantitative estimate of drug-likeness (QED) is 0.260. The number of hydrogen-bond acceptors (Lipinski definition) is 7. The topological polar surface area (TPSA) is 123 Å². The van der Waals surface area contributed by atoms with Gasteiger partial charge in [0.1, 0.15) is 6.33 Å². The number of amides is 2. The van der Waals surface area contributed by atoms with Crippen molar-refractivity contribution in [3.63, 3.8) is 0 Å². The van der Waals surface area contributed by atoms with E-state index in [1.54, 1.807) is 36.4 Å². The summed E-state index contributed by atoms with van der Waals surface area (Å²) < 4.78 is 6.15. The maximum atomic E-state index is 13.0. The van der Waals surface area contributed by atoms with Gasteiger partial charge in [-0.05, 0) is 64.9 Å². The van der Waals surface area contributed by atoms with Gasteiger partial charge in [0.15, 0.2) is 0 Å². The summed E-state index contributed by atoms with van der Waals surface area (Å²) in [4.78, 5) is 24.5. The molecule has 4 rings (SSSR count). The first-order valence-corrected chi connectivity index (χ1v) is 12.1. The van der Waals surface area contributed by atoms with Crippen LogP contribution in [0.5, 0.6) is 0 Å². The Morgan fingerprint density at radius 3 is 2.63 bits per heavy atom. The molecule has 2 amide bonds. The largest absolute Gasteiger partial charge is 0.453 e. The Hall–Kier alpha value is -4.70. The Morgan fingerprint density at radius 1 is 1.05 bits per heavy atom. The van der Waals surface area contributed by atoms with Gasteiger partial charge in [0.05, 0.1) is 18.8 Å². The van der Waals surface area contributed by atoms with Crippen molar-refractivity contribution in [3.8, 4) is 5.69 Å². The number of nitrogens with one attached hydrogen (secondary N) is 3. The molecule has 1 atom stereocenters. The first-order valence-electron chi connectivity index (χ1n) is 11.7. The van der Waals surface area contributed by atoms with Crippen molar-refractivity contribution < 1.29 is 14.3 Å². The van der Waals surface area contributed by atoms with Crippen LogP contribution in [0.25, 0.3) is 11.8 Å². The lowest BCUT2D eigenvalue weighted by Crippen LogP contribution is -2.40. The van der Waals surface area contributed by atoms with E-state index in [4.69, 9.17) is 11.6 Å². The number of halogens is 1. The molecule has 1 heterocycles. The molecule has 3 aromatic carbocycles. The van der Waals surface area contributed by atoms with E-state index in [0.29, 0.717) is 34.9 Å². The lowest BCUT2D eigenvalue weighted by Gasteiger charge is -2.20. The Kier molecular flexibility index (Phi) is 9.03. The summed E-state index contributed by atoms with van der Waals surface area (Å²) in [5.41, 5.74) is 3.83. The summed E-state index contributed by atoms with van der Waals surface area (Å²) in [6.45, 7) is 0.448. The first kappa shape index (κ1) is 26.4. The number of tetrazole rings is 1. The highest BCUT2D eigenvalue weighted by atomic mass is 35.5. The van der Waals surface area contributed by atoms with Crippen molar-refractivity contribution >= 4 is 41.1 Å². The maximum absolute atomic E-state index is 13.0. The molecule has 0 radical (unpaired) electrons. The van der Waals surface area contributed by atoms with Crippen molar-refractivity contribution in [1.29, 1.82) is 0 Å². The van der Waals surface area contributed by atoms with Gasteiger partial charge in [0.25, 0.3) is 0 Å². The summed E-state index contributed by atoms with van der Waals surface area (Å²) in [5.74, 6) is -0.267. The molecule has 194 valence electrons. The molecule has 10 nitrogen and oxygen atoms in total. The number of carbonyl (C=O) groups excluding carboxylic acids is 2. The molecule has 0 aliphatic carbocycles. The van der Waals surface area contributed by atoms with Gasteiger partial charge >= 0.3 is 6.09 Å². The summed E-state index contributed by atoms with van der Waals surface area (Å²) >= 11 is 6.18. The standard InChI is InChI=1S/C27H26ClN7O3/c1-38-27(37)32-23-9-5-8-22(16-23)29-17-24(14-19-6-3-2-4-7-19)31-26(36)13-10-20-15-21(28)11-12-25(20)35-18-30-33-34-35/h2-13,15-16,18,24,29H,14,17H2,1H3,(H,31,36)(H,32,37). The average Bonchev–Trinajstić information content (AvgIpc) is 3.46. The van der Waals surface area contributed by atoms with Crippen molar-refractivity contribution in [3.05, 3.63) is 101 Å². The van der Waals surface area contributed by atoms with Crippen LogP contribution in [0.4, 0.5) is 16.2 Å². The molecule has 4 aromatic rings. The second-order valence-corrected chi connectivity index (χ2v) is 8.70. The van der Waals surface area contributed by atoms with Gasteiger partial charge in [-0.15, -0.1) is 5.10 Å². The fourth-order valence-corrected chi connectivity index (χ4v) is 3.92. The van der Waals surface area contributed by atoms with Crippen molar-refractivity contribution in [2.45, 2.75) is 12.5 Å². The van der Waals surface area contributed by atoms with Gasteiger partial charge in [-0.25, -0.2) is 4.79 Å². The van der Waals surface area contributed by atoms with E-state index < -0.39 is 6.09 Å². The predicted molar refractivity (Wildman–Crippen MR) is 146 cm³/mol. The summed E-state index contributed by atoms with van der Waals surface area (Å²) in [6, 6.07) is 22.2. The zero-order valence-corrected chi connectivity index (χ0v) is 21.3. The monoisotopic (exact) mass is 531 g/mol. The number of aromatic nitrogens is 4. The Labute approximate surface area is 224 Å². The SMILES string of the molecule is COC(=O)Nc1cccc(NCC(Cc2ccccc2)NC(=O)C=Cc2cc(Cl)ccc2-n2cnnn2)c1. The zero-order valence-electron chi connectivity index (χ0n) is 20.5. The molecule has 0 fully saturated rings. The van der Waals surface area contributed by atoms with E-state index >= 15 is 0 Å². The smallest absolute Gasteiger partial charge is 0.411 e. The van der Waals surface area contributed by atoms with Crippen LogP contribution >= 0.6 is 11.6 Å². The van der Waals surface area contributed by atoms with Crippen LogP contribution in [-0.4, -0.2) is 51.9 Å². The molecular formula is C27H26ClN7O3. The van der Waals surface area contributed by atoms with E-state index in [1.165, 1.54) is 24.2 Å². The average molecular weight is 532 g/mol. The molecule has 1 aromatic heterocycles. The molecular weight excluding hydrogens is 506 g/mol. The molecule has 0 spiro atoms. The van der Waals surface area contributed by atoms with Gasteiger partial charge < -0.3 is 15.4 Å². The fourth-order valence-electron chi connectivity index (χ4n) is 3.74. The third kappa shape index (κ3) is 7.65. The molecule has 0 bridgehead atoms. The van der Waals surface area contributed by atoms with Crippen LogP contribution in [0, 0.1) is 0 Å². The minimum absolute atomic E-state index is 0.231. The molecule has 1 unspecified atom stereocenters. The third-order valence-electron chi connectivity index (χ3n) is 5.52. The summed E-state index contributed by atoms with van der Waals surface area (Å²) in [6.07, 6.45) is 4.66. The summed E-state index contributed by atoms with van der Waals surface area (Å²) in [7, 11) is 1.31. The van der Waals surface area contributed by atoms with Crippen molar-refractivity contribution in [2.75, 3.05) is 24.3 Å². The highest BCUT2D eigenvalue weighted by Crippen LogP contribution is 2.20. The molecule has 0 aliphatic rings. The van der Waals surface area contributed by atoms with E-state index in [1.807, 2.05) is 42.5 Å². The molecule has 11 heteroatoms. The lowest BCUT2D eigenvalue weighted by molar-refractivity contribution is -0.117. The molecule has 3 N–H and O–H groups in total. The highest BCUT2D eigenvalue weighted by Gasteiger charge is 2.13. The molecule has 0 saturated heterocycles. The fraction of sp³-hybridized carbons (Fsp3) is 0.148. The van der Waals surface area contributed by atoms with E-state index in [2.05, 4.69) is 36.2 Å². The molecule has 0 aliphatic heterocycles. The lowest BCUT2D eigenvalue weighted by atomic mass is 10.1. The number of rotatable bonds is 10. The maximum Gasteiger partial charge on any atom is 0.411 e. The number of benzene rings is 3. The van der Waals surface area contributed by atoms with E-state index in [9.17, 15) is 9.59 Å². The van der Waals surface area contributed by atoms with Crippen molar-refractivity contribution in [2.24, 2.45) is 0 Å². The number of nitrogens with zero attached hydrogens (tertiary/aromatic N) is 4. The third-order valence-corrected chi connectivity index (χ3v) is 5.75. The predicted octanol–water partition coefficient (Wildman–Crippen LogP) is 4.35. The van der Waals surface area contributed by atoms with Gasteiger partial charge in [-0.1, -0.05) is 48.0 Å². The Bertz CT molecular complexity index is 1400. The van der Waals surface area contributed by atoms with E-state index in [-0.39, 0.29) is 11.9 Å². The van der Waals surface area contributed by atoms with Crippen molar-refractivity contribution in [1.82, 2.24) is 25.5 Å². The van der Waals surface area contributed by atoms with Crippen LogP contribution in [0.3, 0.4) is 0 Å².